The van der Waals surface area contributed by atoms with Crippen molar-refractivity contribution < 1.29 is 9.52 Å². The molecule has 5 rings (SSSR count). The zero-order chi connectivity index (χ0) is 21.0. The molecule has 0 aliphatic heterocycles. The molecule has 1 N–H and O–H groups in total. The second-order valence-corrected chi connectivity index (χ2v) is 7.35. The third kappa shape index (κ3) is 4.23. The fourth-order valence-electron chi connectivity index (χ4n) is 3.51. The minimum absolute atomic E-state index is 0.204. The van der Waals surface area contributed by atoms with Gasteiger partial charge in [-0.25, -0.2) is 4.98 Å². The Balaban J connectivity index is 1.40. The number of hydrogen-bond donors (Lipinski definition) is 1. The van der Waals surface area contributed by atoms with E-state index in [1.807, 2.05) is 78.9 Å². The van der Waals surface area contributed by atoms with Gasteiger partial charge in [0.05, 0.1) is 5.69 Å². The van der Waals surface area contributed by atoms with Gasteiger partial charge in [0, 0.05) is 17.3 Å². The van der Waals surface area contributed by atoms with Crippen LogP contribution in [0.25, 0.3) is 22.6 Å². The van der Waals surface area contributed by atoms with E-state index in [4.69, 9.17) is 4.42 Å². The van der Waals surface area contributed by atoms with E-state index < -0.39 is 0 Å². The predicted octanol–water partition coefficient (Wildman–Crippen LogP) is 6.54. The molecular formula is C27H20N2O2. The van der Waals surface area contributed by atoms with Gasteiger partial charge in [0.2, 0.25) is 5.89 Å². The Kier molecular flexibility index (Phi) is 5.03. The highest BCUT2D eigenvalue weighted by Gasteiger charge is 2.08. The standard InChI is InChI=1S/C27H20N2O2/c30-25-14-13-20(15-19-7-2-1-3-8-19)16-22(25)18-28-23-10-6-9-21(17-23)27-29-24-11-4-5-12-26(24)31-27/h1-14,16-18,30H,15H2. The van der Waals surface area contributed by atoms with E-state index in [0.29, 0.717) is 11.5 Å². The van der Waals surface area contributed by atoms with E-state index in [0.717, 1.165) is 34.3 Å². The number of rotatable bonds is 5. The van der Waals surface area contributed by atoms with Crippen LogP contribution in [0.15, 0.2) is 106 Å². The van der Waals surface area contributed by atoms with Gasteiger partial charge in [0.1, 0.15) is 11.3 Å². The molecule has 0 aliphatic carbocycles. The van der Waals surface area contributed by atoms with Crippen molar-refractivity contribution in [3.63, 3.8) is 0 Å². The lowest BCUT2D eigenvalue weighted by molar-refractivity contribution is 0.474. The van der Waals surface area contributed by atoms with Crippen LogP contribution >= 0.6 is 0 Å². The first-order valence-electron chi connectivity index (χ1n) is 10.1. The number of nitrogens with zero attached hydrogens (tertiary/aromatic N) is 2. The average Bonchev–Trinajstić information content (AvgIpc) is 3.25. The number of aliphatic imine (C=N–C) groups is 1. The molecule has 1 aromatic heterocycles. The molecule has 0 saturated heterocycles. The van der Waals surface area contributed by atoms with Crippen molar-refractivity contribution in [1.29, 1.82) is 0 Å². The van der Waals surface area contributed by atoms with Gasteiger partial charge in [-0.15, -0.1) is 0 Å². The quantitative estimate of drug-likeness (QED) is 0.338. The van der Waals surface area contributed by atoms with Gasteiger partial charge in [-0.2, -0.15) is 0 Å². The molecule has 31 heavy (non-hydrogen) atoms. The Bertz CT molecular complexity index is 1340. The summed E-state index contributed by atoms with van der Waals surface area (Å²) >= 11 is 0. The Morgan fingerprint density at radius 3 is 2.52 bits per heavy atom. The van der Waals surface area contributed by atoms with Gasteiger partial charge in [-0.05, 0) is 60.0 Å². The average molecular weight is 404 g/mol. The Morgan fingerprint density at radius 1 is 0.806 bits per heavy atom. The lowest BCUT2D eigenvalue weighted by atomic mass is 10.0. The molecular weight excluding hydrogens is 384 g/mol. The fourth-order valence-corrected chi connectivity index (χ4v) is 3.51. The highest BCUT2D eigenvalue weighted by molar-refractivity contribution is 5.86. The normalized spacial score (nSPS) is 11.4. The van der Waals surface area contributed by atoms with Crippen LogP contribution in [0.3, 0.4) is 0 Å². The molecule has 0 bridgehead atoms. The molecule has 0 aliphatic rings. The number of fused-ring (bicyclic) bond motifs is 1. The summed E-state index contributed by atoms with van der Waals surface area (Å²) in [6.45, 7) is 0. The summed E-state index contributed by atoms with van der Waals surface area (Å²) in [5, 5.41) is 10.3. The van der Waals surface area contributed by atoms with Crippen molar-refractivity contribution in [3.8, 4) is 17.2 Å². The van der Waals surface area contributed by atoms with Crippen molar-refractivity contribution in [1.82, 2.24) is 4.98 Å². The van der Waals surface area contributed by atoms with Gasteiger partial charge < -0.3 is 9.52 Å². The third-order valence-electron chi connectivity index (χ3n) is 5.08. The number of aromatic hydroxyl groups is 1. The second kappa shape index (κ2) is 8.28. The lowest BCUT2D eigenvalue weighted by Crippen LogP contribution is -1.91. The van der Waals surface area contributed by atoms with Crippen LogP contribution in [-0.4, -0.2) is 16.3 Å². The molecule has 0 radical (unpaired) electrons. The zero-order valence-corrected chi connectivity index (χ0v) is 16.8. The molecule has 4 nitrogen and oxygen atoms in total. The van der Waals surface area contributed by atoms with E-state index in [1.165, 1.54) is 5.56 Å². The highest BCUT2D eigenvalue weighted by Crippen LogP contribution is 2.27. The van der Waals surface area contributed by atoms with Crippen LogP contribution in [-0.2, 0) is 6.42 Å². The van der Waals surface area contributed by atoms with Gasteiger partial charge in [0.15, 0.2) is 5.58 Å². The van der Waals surface area contributed by atoms with Crippen molar-refractivity contribution in [2.75, 3.05) is 0 Å². The highest BCUT2D eigenvalue weighted by atomic mass is 16.3. The Labute approximate surface area is 180 Å². The number of hydrogen-bond acceptors (Lipinski definition) is 4. The number of benzene rings is 4. The molecule has 4 aromatic carbocycles. The maximum absolute atomic E-state index is 10.3. The summed E-state index contributed by atoms with van der Waals surface area (Å²) in [5.74, 6) is 0.765. The van der Waals surface area contributed by atoms with E-state index in [1.54, 1.807) is 12.3 Å². The number of aromatic nitrogens is 1. The first-order valence-corrected chi connectivity index (χ1v) is 10.1. The maximum atomic E-state index is 10.3. The number of para-hydroxylation sites is 2. The molecule has 0 fully saturated rings. The van der Waals surface area contributed by atoms with Crippen molar-refractivity contribution in [2.24, 2.45) is 4.99 Å². The minimum atomic E-state index is 0.204. The smallest absolute Gasteiger partial charge is 0.227 e. The van der Waals surface area contributed by atoms with E-state index >= 15 is 0 Å². The fraction of sp³-hybridized carbons (Fsp3) is 0.0370. The molecule has 0 amide bonds. The summed E-state index contributed by atoms with van der Waals surface area (Å²) in [4.78, 5) is 9.12. The molecule has 5 aromatic rings. The van der Waals surface area contributed by atoms with Gasteiger partial charge >= 0.3 is 0 Å². The topological polar surface area (TPSA) is 58.6 Å². The predicted molar refractivity (Wildman–Crippen MR) is 124 cm³/mol. The lowest BCUT2D eigenvalue weighted by Gasteiger charge is -2.05. The van der Waals surface area contributed by atoms with Crippen molar-refractivity contribution in [2.45, 2.75) is 6.42 Å². The number of phenolic OH excluding ortho intramolecular Hbond substituents is 1. The largest absolute Gasteiger partial charge is 0.507 e. The summed E-state index contributed by atoms with van der Waals surface area (Å²) in [6.07, 6.45) is 2.49. The molecule has 0 unspecified atom stereocenters. The SMILES string of the molecule is Oc1ccc(Cc2ccccc2)cc1C=Nc1cccc(-c2nc3ccccc3o2)c1. The summed E-state index contributed by atoms with van der Waals surface area (Å²) in [6, 6.07) is 31.3. The van der Waals surface area contributed by atoms with Crippen LogP contribution in [0.5, 0.6) is 5.75 Å². The van der Waals surface area contributed by atoms with Gasteiger partial charge in [-0.1, -0.05) is 54.6 Å². The van der Waals surface area contributed by atoms with E-state index in [2.05, 4.69) is 22.1 Å². The van der Waals surface area contributed by atoms with Crippen LogP contribution in [0, 0.1) is 0 Å². The molecule has 0 saturated carbocycles. The van der Waals surface area contributed by atoms with Crippen LogP contribution in [0.4, 0.5) is 5.69 Å². The second-order valence-electron chi connectivity index (χ2n) is 7.35. The molecule has 4 heteroatoms. The maximum Gasteiger partial charge on any atom is 0.227 e. The third-order valence-corrected chi connectivity index (χ3v) is 5.08. The summed E-state index contributed by atoms with van der Waals surface area (Å²) in [7, 11) is 0. The molecule has 1 heterocycles. The van der Waals surface area contributed by atoms with Crippen LogP contribution in [0.1, 0.15) is 16.7 Å². The van der Waals surface area contributed by atoms with Crippen molar-refractivity contribution in [3.05, 3.63) is 114 Å². The number of oxazole rings is 1. The van der Waals surface area contributed by atoms with E-state index in [-0.39, 0.29) is 5.75 Å². The molecule has 0 spiro atoms. The molecule has 0 atom stereocenters. The van der Waals surface area contributed by atoms with Crippen molar-refractivity contribution >= 4 is 23.0 Å². The first kappa shape index (κ1) is 18.8. The summed E-state index contributed by atoms with van der Waals surface area (Å²) < 4.78 is 5.86. The molecule has 150 valence electrons. The van der Waals surface area contributed by atoms with Crippen LogP contribution in [0.2, 0.25) is 0 Å². The van der Waals surface area contributed by atoms with Gasteiger partial charge in [-0.3, -0.25) is 4.99 Å². The van der Waals surface area contributed by atoms with Gasteiger partial charge in [0.25, 0.3) is 0 Å². The first-order chi connectivity index (χ1) is 15.2. The Morgan fingerprint density at radius 2 is 1.65 bits per heavy atom. The van der Waals surface area contributed by atoms with Crippen LogP contribution < -0.4 is 0 Å². The zero-order valence-electron chi connectivity index (χ0n) is 16.8. The number of phenols is 1. The summed E-state index contributed by atoms with van der Waals surface area (Å²) in [5.41, 5.74) is 6.21. The Hall–Kier alpha value is -4.18. The minimum Gasteiger partial charge on any atom is -0.507 e. The monoisotopic (exact) mass is 404 g/mol. The van der Waals surface area contributed by atoms with E-state index in [9.17, 15) is 5.11 Å².